The van der Waals surface area contributed by atoms with Gasteiger partial charge in [-0.3, -0.25) is 14.7 Å². The van der Waals surface area contributed by atoms with Crippen LogP contribution in [-0.2, 0) is 27.1 Å². The van der Waals surface area contributed by atoms with Crippen LogP contribution >= 0.6 is 0 Å². The second-order valence-electron chi connectivity index (χ2n) is 21.2. The lowest BCUT2D eigenvalue weighted by Crippen LogP contribution is -2.50. The average Bonchev–Trinajstić information content (AvgIpc) is 3.76. The van der Waals surface area contributed by atoms with E-state index in [1.807, 2.05) is 36.9 Å². The minimum absolute atomic E-state index is 0.0209. The summed E-state index contributed by atoms with van der Waals surface area (Å²) in [5.41, 5.74) is 2.39. The lowest BCUT2D eigenvalue weighted by atomic mass is 9.90. The van der Waals surface area contributed by atoms with Crippen LogP contribution in [0.1, 0.15) is 68.0 Å². The Kier molecular flexibility index (Phi) is 15.1. The van der Waals surface area contributed by atoms with Gasteiger partial charge in [0.25, 0.3) is 0 Å². The van der Waals surface area contributed by atoms with Gasteiger partial charge in [0.1, 0.15) is 48.1 Å². The molecule has 0 aliphatic carbocycles. The Morgan fingerprint density at radius 2 is 1.69 bits per heavy atom. The summed E-state index contributed by atoms with van der Waals surface area (Å²) in [5, 5.41) is 51.1. The zero-order valence-electron chi connectivity index (χ0n) is 44.9. The van der Waals surface area contributed by atoms with Gasteiger partial charge in [-0.15, -0.1) is 5.10 Å². The zero-order valence-corrected chi connectivity index (χ0v) is 44.9. The maximum absolute atomic E-state index is 15.9. The van der Waals surface area contributed by atoms with Crippen LogP contribution < -0.4 is 25.0 Å². The fourth-order valence-corrected chi connectivity index (χ4v) is 11.2. The van der Waals surface area contributed by atoms with E-state index in [9.17, 15) is 19.8 Å². The van der Waals surface area contributed by atoms with Crippen LogP contribution in [0.25, 0.3) is 55.3 Å². The van der Waals surface area contributed by atoms with Crippen molar-refractivity contribution in [2.45, 2.75) is 95.7 Å². The summed E-state index contributed by atoms with van der Waals surface area (Å²) >= 11 is 0. The standard InChI is InChI=1S/C57H59F4N13O7/c1-29(2)51(55(78)73-24-39(76)17-47(73)54(77)66-46(26-75)35-12-10-33(11-13-35)36-14-15-63-64-20-36)74-25-45(70-71-74)34-8-6-32(7-9-34)28-80-52-49(48-31(4)43(58)19-44-41(48)22-65-69-44)42(57(59,60)61)18-40-50(52)67-56(81-27-30(3)79-5)68-53(40)72-23-37-16-38(72)21-62-37/h6-15,18-20,22,25,29-30,37-39,46-47,51,62,75-76H,16-17,21,23-24,26-28H2,1-5H3,(H,65,69)(H,66,77)/t30-,37-,38-,39+,46-,47-,51-/m0/s1. The second kappa shape index (κ2) is 22.4. The number of benzene rings is 4. The van der Waals surface area contributed by atoms with Gasteiger partial charge in [-0.25, -0.2) is 9.07 Å². The Balaban J connectivity index is 0.882. The van der Waals surface area contributed by atoms with Crippen LogP contribution in [0.5, 0.6) is 11.8 Å². The van der Waals surface area contributed by atoms with Crippen molar-refractivity contribution in [3.05, 3.63) is 120 Å². The number of β-amino-alcohol motifs (C(OH)–C–C–N with tert-alkyl or cyclic N) is 1. The number of nitrogens with zero attached hydrogens (tertiary/aromatic N) is 10. The Labute approximate surface area is 461 Å². The number of ether oxygens (including phenoxy) is 3. The van der Waals surface area contributed by atoms with Crippen LogP contribution in [0.3, 0.4) is 0 Å². The molecule has 8 aromatic rings. The molecule has 0 spiro atoms. The molecule has 81 heavy (non-hydrogen) atoms. The number of aromatic nitrogens is 9. The second-order valence-corrected chi connectivity index (χ2v) is 21.2. The Morgan fingerprint density at radius 1 is 0.914 bits per heavy atom. The number of H-pyrrole nitrogens is 1. The number of aliphatic hydroxyl groups is 2. The fourth-order valence-electron chi connectivity index (χ4n) is 11.2. The summed E-state index contributed by atoms with van der Waals surface area (Å²) in [6.07, 6.45) is 0.561. The van der Waals surface area contributed by atoms with Crippen LogP contribution in [0.4, 0.5) is 23.4 Å². The molecule has 11 rings (SSSR count). The van der Waals surface area contributed by atoms with E-state index >= 15 is 17.6 Å². The van der Waals surface area contributed by atoms with Gasteiger partial charge >= 0.3 is 12.2 Å². The average molecular weight is 1110 g/mol. The molecule has 4 aromatic carbocycles. The number of hydrogen-bond donors (Lipinski definition) is 5. The minimum atomic E-state index is -4.98. The van der Waals surface area contributed by atoms with Gasteiger partial charge < -0.3 is 44.9 Å². The molecule has 3 fully saturated rings. The number of aromatic amines is 1. The van der Waals surface area contributed by atoms with Crippen LogP contribution in [0.15, 0.2) is 91.5 Å². The van der Waals surface area contributed by atoms with E-state index in [0.29, 0.717) is 35.5 Å². The number of fused-ring (bicyclic) bond motifs is 4. The van der Waals surface area contributed by atoms with E-state index in [4.69, 9.17) is 24.2 Å². The molecule has 2 bridgehead atoms. The van der Waals surface area contributed by atoms with Gasteiger partial charge in [-0.05, 0) is 66.6 Å². The molecule has 20 nitrogen and oxygen atoms in total. The smallest absolute Gasteiger partial charge is 0.417 e. The van der Waals surface area contributed by atoms with E-state index in [0.717, 1.165) is 23.6 Å². The molecule has 24 heteroatoms. The SMILES string of the molecule is CO[C@@H](C)COc1nc(N2C[C@@H]3C[C@H]2CN3)c2cc(C(F)(F)F)c(-c3c(C)c(F)cc4[nH]ncc34)c(OCc3ccc(-c4cn([C@H](C(=O)N5C[C@H](O)C[C@H]5C(=O)N[C@@H](CO)c5ccc(-c6ccnnc6)cc5)C(C)C)nn4)cc3)c2n1. The zero-order chi connectivity index (χ0) is 56.9. The number of aliphatic hydroxyl groups excluding tert-OH is 2. The number of alkyl halides is 3. The molecule has 2 amide bonds. The van der Waals surface area contributed by atoms with Gasteiger partial charge in [0.2, 0.25) is 11.8 Å². The quantitative estimate of drug-likeness (QED) is 0.0548. The minimum Gasteiger partial charge on any atom is -0.486 e. The lowest BCUT2D eigenvalue weighted by Gasteiger charge is -2.30. The molecule has 7 atom stereocenters. The number of rotatable bonds is 18. The molecule has 3 saturated heterocycles. The van der Waals surface area contributed by atoms with E-state index in [-0.39, 0.29) is 101 Å². The highest BCUT2D eigenvalue weighted by Crippen LogP contribution is 2.51. The summed E-state index contributed by atoms with van der Waals surface area (Å²) in [6, 6.07) is 15.3. The molecule has 3 aliphatic rings. The molecule has 0 saturated carbocycles. The number of halogens is 4. The van der Waals surface area contributed by atoms with Gasteiger partial charge in [-0.1, -0.05) is 67.6 Å². The van der Waals surface area contributed by atoms with Crippen molar-refractivity contribution < 1.29 is 51.6 Å². The first-order valence-corrected chi connectivity index (χ1v) is 26.6. The maximum Gasteiger partial charge on any atom is 0.417 e. The predicted octanol–water partition coefficient (Wildman–Crippen LogP) is 6.91. The highest BCUT2D eigenvalue weighted by molar-refractivity contribution is 6.06. The van der Waals surface area contributed by atoms with E-state index in [2.05, 4.69) is 41.3 Å². The number of likely N-dealkylation sites (tertiary alicyclic amines) is 1. The van der Waals surface area contributed by atoms with Crippen molar-refractivity contribution in [3.63, 3.8) is 0 Å². The van der Waals surface area contributed by atoms with Crippen molar-refractivity contribution in [3.8, 4) is 45.3 Å². The Bertz CT molecular complexity index is 3600. The number of carbonyl (C=O) groups excluding carboxylic acids is 2. The first-order chi connectivity index (χ1) is 39.0. The molecule has 422 valence electrons. The van der Waals surface area contributed by atoms with Gasteiger partial charge in [0.15, 0.2) is 5.75 Å². The summed E-state index contributed by atoms with van der Waals surface area (Å²) in [7, 11) is 1.52. The summed E-state index contributed by atoms with van der Waals surface area (Å²) in [5.74, 6) is -2.15. The molecule has 0 radical (unpaired) electrons. The van der Waals surface area contributed by atoms with Crippen molar-refractivity contribution in [1.82, 2.24) is 60.9 Å². The normalized spacial score (nSPS) is 19.2. The first kappa shape index (κ1) is 54.8. The lowest BCUT2D eigenvalue weighted by molar-refractivity contribution is -0.142. The molecule has 5 N–H and O–H groups in total. The van der Waals surface area contributed by atoms with Gasteiger partial charge in [0.05, 0.1) is 60.7 Å². The van der Waals surface area contributed by atoms with Crippen molar-refractivity contribution >= 4 is 39.4 Å². The van der Waals surface area contributed by atoms with E-state index in [1.54, 1.807) is 61.9 Å². The highest BCUT2D eigenvalue weighted by Gasteiger charge is 2.45. The van der Waals surface area contributed by atoms with Crippen LogP contribution in [-0.4, -0.2) is 143 Å². The molecular weight excluding hydrogens is 1050 g/mol. The third kappa shape index (κ3) is 10.8. The van der Waals surface area contributed by atoms with E-state index in [1.165, 1.54) is 35.9 Å². The molecule has 4 aromatic heterocycles. The maximum atomic E-state index is 15.9. The first-order valence-electron chi connectivity index (χ1n) is 26.6. The fraction of sp³-hybridized carbons (Fsp3) is 0.386. The Morgan fingerprint density at radius 3 is 2.37 bits per heavy atom. The molecular formula is C57H59F4N13O7. The Hall–Kier alpha value is -8.19. The number of nitrogens with one attached hydrogen (secondary N) is 3. The number of hydrogen-bond acceptors (Lipinski definition) is 16. The number of piperazine rings is 1. The number of amides is 2. The van der Waals surface area contributed by atoms with Gasteiger partial charge in [-0.2, -0.15) is 38.4 Å². The number of carbonyl (C=O) groups is 2. The number of anilines is 1. The predicted molar refractivity (Wildman–Crippen MR) is 289 cm³/mol. The monoisotopic (exact) mass is 1110 g/mol. The van der Waals surface area contributed by atoms with Crippen molar-refractivity contribution in [2.24, 2.45) is 5.92 Å². The van der Waals surface area contributed by atoms with Crippen molar-refractivity contribution in [2.75, 3.05) is 44.9 Å². The topological polar surface area (TPSA) is 244 Å². The molecule has 7 heterocycles. The third-order valence-electron chi connectivity index (χ3n) is 15.5. The van der Waals surface area contributed by atoms with Crippen LogP contribution in [0, 0.1) is 18.7 Å². The summed E-state index contributed by atoms with van der Waals surface area (Å²) < 4.78 is 83.0. The molecule has 0 unspecified atom stereocenters. The summed E-state index contributed by atoms with van der Waals surface area (Å²) in [6.45, 7) is 7.17. The molecule has 3 aliphatic heterocycles. The third-order valence-corrected chi connectivity index (χ3v) is 15.5. The number of methoxy groups -OCH3 is 1. The van der Waals surface area contributed by atoms with Crippen LogP contribution in [0.2, 0.25) is 0 Å². The van der Waals surface area contributed by atoms with Crippen molar-refractivity contribution in [1.29, 1.82) is 0 Å². The van der Waals surface area contributed by atoms with Gasteiger partial charge in [0, 0.05) is 78.3 Å². The largest absolute Gasteiger partial charge is 0.486 e. The highest BCUT2D eigenvalue weighted by atomic mass is 19.4. The summed E-state index contributed by atoms with van der Waals surface area (Å²) in [4.78, 5) is 41.3. The van der Waals surface area contributed by atoms with E-state index < -0.39 is 65.8 Å².